The molecule has 4 nitrogen and oxygen atoms in total. The number of amides is 1. The van der Waals surface area contributed by atoms with Crippen molar-refractivity contribution in [3.8, 4) is 0 Å². The summed E-state index contributed by atoms with van der Waals surface area (Å²) in [6, 6.07) is 0. The molecule has 1 fully saturated rings. The molecule has 70 valence electrons. The molecule has 1 rings (SSSR count). The summed E-state index contributed by atoms with van der Waals surface area (Å²) in [5.74, 6) is 0. The number of ether oxygens (including phenoxy) is 1. The van der Waals surface area contributed by atoms with Gasteiger partial charge in [-0.05, 0) is 13.8 Å². The molecule has 4 heteroatoms. The summed E-state index contributed by atoms with van der Waals surface area (Å²) in [7, 11) is 0. The summed E-state index contributed by atoms with van der Waals surface area (Å²) >= 11 is 0. The molecule has 0 bridgehead atoms. The third kappa shape index (κ3) is 2.11. The molecule has 0 aliphatic carbocycles. The second-order valence-electron chi connectivity index (χ2n) is 2.84. The summed E-state index contributed by atoms with van der Waals surface area (Å²) in [6.07, 6.45) is -0.0930. The Morgan fingerprint density at radius 1 is 1.50 bits per heavy atom. The average Bonchev–Trinajstić information content (AvgIpc) is 1.99. The first kappa shape index (κ1) is 9.32. The van der Waals surface area contributed by atoms with Crippen molar-refractivity contribution in [2.75, 3.05) is 26.2 Å². The molecule has 1 aliphatic heterocycles. The van der Waals surface area contributed by atoms with Crippen molar-refractivity contribution in [3.05, 3.63) is 0 Å². The minimum Gasteiger partial charge on any atom is -0.443 e. The van der Waals surface area contributed by atoms with Crippen LogP contribution in [0.4, 0.5) is 4.79 Å². The maximum Gasteiger partial charge on any atom is 0.410 e. The lowest BCUT2D eigenvalue weighted by atomic mass is 10.2. The van der Waals surface area contributed by atoms with Crippen LogP contribution in [0, 0.1) is 0 Å². The molecule has 0 aromatic carbocycles. The summed E-state index contributed by atoms with van der Waals surface area (Å²) < 4.78 is 5.15. The standard InChI is InChI=1S/C8H16N2O2/c1-3-10(4-2)8(11)12-7-5-9-6-7/h7,9H,3-6H2,1-2H3. The van der Waals surface area contributed by atoms with Crippen LogP contribution < -0.4 is 5.32 Å². The number of nitrogens with one attached hydrogen (secondary N) is 1. The Morgan fingerprint density at radius 3 is 2.42 bits per heavy atom. The molecule has 0 unspecified atom stereocenters. The fraction of sp³-hybridized carbons (Fsp3) is 0.875. The normalized spacial score (nSPS) is 16.8. The predicted molar refractivity (Wildman–Crippen MR) is 46.1 cm³/mol. The average molecular weight is 172 g/mol. The summed E-state index contributed by atoms with van der Waals surface area (Å²) in [5.41, 5.74) is 0. The van der Waals surface area contributed by atoms with Gasteiger partial charge in [0.2, 0.25) is 0 Å². The lowest BCUT2D eigenvalue weighted by molar-refractivity contribution is 0.0412. The number of hydrogen-bond acceptors (Lipinski definition) is 3. The summed E-state index contributed by atoms with van der Waals surface area (Å²) in [4.78, 5) is 13.0. The van der Waals surface area contributed by atoms with Gasteiger partial charge < -0.3 is 15.0 Å². The predicted octanol–water partition coefficient (Wildman–Crippen LogP) is 0.437. The Morgan fingerprint density at radius 2 is 2.08 bits per heavy atom. The highest BCUT2D eigenvalue weighted by molar-refractivity contribution is 5.67. The molecule has 1 N–H and O–H groups in total. The van der Waals surface area contributed by atoms with Gasteiger partial charge in [0.25, 0.3) is 0 Å². The van der Waals surface area contributed by atoms with Crippen molar-refractivity contribution in [1.82, 2.24) is 10.2 Å². The van der Waals surface area contributed by atoms with Crippen LogP contribution in [0.2, 0.25) is 0 Å². The Kier molecular flexibility index (Phi) is 3.34. The first-order valence-corrected chi connectivity index (χ1v) is 4.44. The lowest BCUT2D eigenvalue weighted by Crippen LogP contribution is -2.51. The minimum atomic E-state index is -0.188. The van der Waals surface area contributed by atoms with Gasteiger partial charge in [-0.25, -0.2) is 4.79 Å². The smallest absolute Gasteiger partial charge is 0.410 e. The van der Waals surface area contributed by atoms with Gasteiger partial charge in [0.05, 0.1) is 0 Å². The molecular weight excluding hydrogens is 156 g/mol. The van der Waals surface area contributed by atoms with Crippen molar-refractivity contribution in [2.24, 2.45) is 0 Å². The highest BCUT2D eigenvalue weighted by atomic mass is 16.6. The lowest BCUT2D eigenvalue weighted by Gasteiger charge is -2.29. The van der Waals surface area contributed by atoms with Crippen molar-refractivity contribution in [2.45, 2.75) is 20.0 Å². The van der Waals surface area contributed by atoms with Crippen LogP contribution in [0.5, 0.6) is 0 Å². The number of nitrogens with zero attached hydrogens (tertiary/aromatic N) is 1. The van der Waals surface area contributed by atoms with E-state index in [4.69, 9.17) is 4.74 Å². The molecular formula is C8H16N2O2. The third-order valence-electron chi connectivity index (χ3n) is 2.03. The maximum atomic E-state index is 11.3. The van der Waals surface area contributed by atoms with Crippen molar-refractivity contribution < 1.29 is 9.53 Å². The number of rotatable bonds is 3. The number of hydrogen-bond donors (Lipinski definition) is 1. The molecule has 12 heavy (non-hydrogen) atoms. The zero-order valence-electron chi connectivity index (χ0n) is 7.67. The zero-order valence-corrected chi connectivity index (χ0v) is 7.67. The van der Waals surface area contributed by atoms with Gasteiger partial charge in [-0.2, -0.15) is 0 Å². The van der Waals surface area contributed by atoms with E-state index in [0.29, 0.717) is 0 Å². The molecule has 0 aromatic heterocycles. The van der Waals surface area contributed by atoms with E-state index in [1.807, 2.05) is 13.8 Å². The zero-order chi connectivity index (χ0) is 8.97. The van der Waals surface area contributed by atoms with Crippen LogP contribution in [0.3, 0.4) is 0 Å². The molecule has 1 aliphatic rings. The Hall–Kier alpha value is -0.770. The van der Waals surface area contributed by atoms with E-state index in [9.17, 15) is 4.79 Å². The first-order valence-electron chi connectivity index (χ1n) is 4.44. The van der Waals surface area contributed by atoms with E-state index in [1.165, 1.54) is 0 Å². The fourth-order valence-corrected chi connectivity index (χ4v) is 1.04. The summed E-state index contributed by atoms with van der Waals surface area (Å²) in [5, 5.41) is 3.05. The highest BCUT2D eigenvalue weighted by Gasteiger charge is 2.22. The molecule has 0 saturated carbocycles. The first-order chi connectivity index (χ1) is 5.77. The van der Waals surface area contributed by atoms with Gasteiger partial charge in [-0.3, -0.25) is 0 Å². The van der Waals surface area contributed by atoms with Gasteiger partial charge in [-0.1, -0.05) is 0 Å². The topological polar surface area (TPSA) is 41.6 Å². The Labute approximate surface area is 72.9 Å². The van der Waals surface area contributed by atoms with Crippen LogP contribution in [-0.2, 0) is 4.74 Å². The van der Waals surface area contributed by atoms with Crippen LogP contribution in [0.25, 0.3) is 0 Å². The third-order valence-corrected chi connectivity index (χ3v) is 2.03. The molecule has 0 radical (unpaired) electrons. The van der Waals surface area contributed by atoms with E-state index >= 15 is 0 Å². The summed E-state index contributed by atoms with van der Waals surface area (Å²) in [6.45, 7) is 6.93. The van der Waals surface area contributed by atoms with E-state index in [1.54, 1.807) is 4.90 Å². The molecule has 0 spiro atoms. The molecule has 0 atom stereocenters. The van der Waals surface area contributed by atoms with Crippen LogP contribution in [0.1, 0.15) is 13.8 Å². The Bertz CT molecular complexity index is 153. The van der Waals surface area contributed by atoms with Crippen molar-refractivity contribution in [1.29, 1.82) is 0 Å². The van der Waals surface area contributed by atoms with Gasteiger partial charge >= 0.3 is 6.09 Å². The monoisotopic (exact) mass is 172 g/mol. The van der Waals surface area contributed by atoms with Gasteiger partial charge in [-0.15, -0.1) is 0 Å². The molecule has 1 amide bonds. The number of carbonyl (C=O) groups excluding carboxylic acids is 1. The van der Waals surface area contributed by atoms with Gasteiger partial charge in [0.15, 0.2) is 0 Å². The van der Waals surface area contributed by atoms with Crippen molar-refractivity contribution >= 4 is 6.09 Å². The van der Waals surface area contributed by atoms with E-state index < -0.39 is 0 Å². The quantitative estimate of drug-likeness (QED) is 0.671. The highest BCUT2D eigenvalue weighted by Crippen LogP contribution is 2.02. The second kappa shape index (κ2) is 4.30. The molecule has 0 aromatic rings. The van der Waals surface area contributed by atoms with Crippen molar-refractivity contribution in [3.63, 3.8) is 0 Å². The molecule has 1 saturated heterocycles. The molecule has 1 heterocycles. The number of carbonyl (C=O) groups is 1. The van der Waals surface area contributed by atoms with Gasteiger partial charge in [0, 0.05) is 26.2 Å². The van der Waals surface area contributed by atoms with Crippen LogP contribution >= 0.6 is 0 Å². The van der Waals surface area contributed by atoms with E-state index in [0.717, 1.165) is 26.2 Å². The Balaban J connectivity index is 2.24. The largest absolute Gasteiger partial charge is 0.443 e. The fourth-order valence-electron chi connectivity index (χ4n) is 1.04. The van der Waals surface area contributed by atoms with E-state index in [-0.39, 0.29) is 12.2 Å². The SMILES string of the molecule is CCN(CC)C(=O)OC1CNC1. The van der Waals surface area contributed by atoms with E-state index in [2.05, 4.69) is 5.32 Å². The minimum absolute atomic E-state index is 0.0955. The van der Waals surface area contributed by atoms with Crippen LogP contribution in [-0.4, -0.2) is 43.3 Å². The maximum absolute atomic E-state index is 11.3. The van der Waals surface area contributed by atoms with Gasteiger partial charge in [0.1, 0.15) is 6.10 Å². The van der Waals surface area contributed by atoms with Crippen LogP contribution in [0.15, 0.2) is 0 Å². The second-order valence-corrected chi connectivity index (χ2v) is 2.84.